The molecule has 0 radical (unpaired) electrons. The molecule has 0 bridgehead atoms. The Morgan fingerprint density at radius 3 is 2.10 bits per heavy atom. The number of aromatic hydroxyl groups is 4. The molecule has 20 heavy (non-hydrogen) atoms. The Kier molecular flexibility index (Phi) is 2.25. The molecule has 0 aliphatic heterocycles. The van der Waals surface area contributed by atoms with Crippen molar-refractivity contribution in [3.63, 3.8) is 0 Å². The molecular weight excluding hydrogens is 264 g/mol. The molecule has 6 heteroatoms. The van der Waals surface area contributed by atoms with Crippen LogP contribution in [0.15, 0.2) is 24.3 Å². The summed E-state index contributed by atoms with van der Waals surface area (Å²) in [4.78, 5) is 24.6. The van der Waals surface area contributed by atoms with Crippen LogP contribution in [0.2, 0.25) is 0 Å². The smallest absolute Gasteiger partial charge is 0.202 e. The number of hydrogen-bond acceptors (Lipinski definition) is 6. The predicted octanol–water partition coefficient (Wildman–Crippen LogP) is 1.28. The third kappa shape index (κ3) is 1.33. The quantitative estimate of drug-likeness (QED) is 0.362. The summed E-state index contributed by atoms with van der Waals surface area (Å²) >= 11 is 0. The second kappa shape index (κ2) is 3.74. The molecule has 0 fully saturated rings. The maximum Gasteiger partial charge on any atom is 0.202 e. The van der Waals surface area contributed by atoms with Gasteiger partial charge in [-0.05, 0) is 6.07 Å². The van der Waals surface area contributed by atoms with Crippen molar-refractivity contribution in [2.24, 2.45) is 0 Å². The van der Waals surface area contributed by atoms with Crippen molar-refractivity contribution in [3.05, 3.63) is 46.5 Å². The monoisotopic (exact) mass is 272 g/mol. The van der Waals surface area contributed by atoms with Crippen molar-refractivity contribution in [1.29, 1.82) is 0 Å². The molecule has 0 saturated heterocycles. The fourth-order valence-electron chi connectivity index (χ4n) is 2.32. The zero-order chi connectivity index (χ0) is 14.6. The van der Waals surface area contributed by atoms with Gasteiger partial charge in [-0.15, -0.1) is 0 Å². The first-order valence-corrected chi connectivity index (χ1v) is 5.62. The second-order valence-corrected chi connectivity index (χ2v) is 4.37. The molecule has 100 valence electrons. The second-order valence-electron chi connectivity index (χ2n) is 4.37. The average molecular weight is 272 g/mol. The fourth-order valence-corrected chi connectivity index (χ4v) is 2.32. The van der Waals surface area contributed by atoms with Gasteiger partial charge in [-0.1, -0.05) is 12.1 Å². The van der Waals surface area contributed by atoms with Gasteiger partial charge in [0, 0.05) is 11.6 Å². The number of phenols is 4. The zero-order valence-corrected chi connectivity index (χ0v) is 9.91. The molecule has 4 N–H and O–H groups in total. The minimum Gasteiger partial charge on any atom is -0.507 e. The standard InChI is InChI=1S/C14H8O6/c15-6-3-1-2-5-9(6)14(20)11-10(12(5)18)7(16)4-8(17)13(11)19/h1-4,15-17,19H. The molecule has 0 heterocycles. The molecule has 1 aliphatic carbocycles. The Bertz CT molecular complexity index is 791. The maximum absolute atomic E-state index is 12.3. The van der Waals surface area contributed by atoms with Crippen LogP contribution >= 0.6 is 0 Å². The SMILES string of the molecule is O=C1c2cccc(O)c2C(=O)c2c(O)c(O)cc(O)c21. The van der Waals surface area contributed by atoms with Crippen LogP contribution in [0, 0.1) is 0 Å². The van der Waals surface area contributed by atoms with Crippen LogP contribution in [0.5, 0.6) is 23.0 Å². The number of phenolic OH excluding ortho intramolecular Hbond substituents is 4. The van der Waals surface area contributed by atoms with Crippen molar-refractivity contribution in [3.8, 4) is 23.0 Å². The van der Waals surface area contributed by atoms with Gasteiger partial charge in [0.1, 0.15) is 11.5 Å². The Morgan fingerprint density at radius 1 is 0.700 bits per heavy atom. The lowest BCUT2D eigenvalue weighted by Gasteiger charge is -2.20. The van der Waals surface area contributed by atoms with Crippen LogP contribution in [-0.2, 0) is 0 Å². The van der Waals surface area contributed by atoms with E-state index in [-0.39, 0.29) is 16.7 Å². The Morgan fingerprint density at radius 2 is 1.40 bits per heavy atom. The van der Waals surface area contributed by atoms with E-state index in [0.29, 0.717) is 0 Å². The van der Waals surface area contributed by atoms with Crippen molar-refractivity contribution >= 4 is 11.6 Å². The molecule has 0 aromatic heterocycles. The summed E-state index contributed by atoms with van der Waals surface area (Å²) < 4.78 is 0. The highest BCUT2D eigenvalue weighted by atomic mass is 16.3. The van der Waals surface area contributed by atoms with Gasteiger partial charge >= 0.3 is 0 Å². The average Bonchev–Trinajstić information content (AvgIpc) is 2.40. The molecule has 2 aromatic rings. The van der Waals surface area contributed by atoms with Gasteiger partial charge in [0.2, 0.25) is 5.78 Å². The van der Waals surface area contributed by atoms with Gasteiger partial charge < -0.3 is 20.4 Å². The molecule has 1 aliphatic rings. The summed E-state index contributed by atoms with van der Waals surface area (Å²) in [6.45, 7) is 0. The number of carbonyl (C=O) groups is 2. The first kappa shape index (κ1) is 12.0. The lowest BCUT2D eigenvalue weighted by Crippen LogP contribution is -2.21. The van der Waals surface area contributed by atoms with Crippen LogP contribution in [0.3, 0.4) is 0 Å². The van der Waals surface area contributed by atoms with E-state index in [4.69, 9.17) is 0 Å². The number of fused-ring (bicyclic) bond motifs is 2. The predicted molar refractivity (Wildman–Crippen MR) is 66.4 cm³/mol. The third-order valence-corrected chi connectivity index (χ3v) is 3.23. The van der Waals surface area contributed by atoms with Gasteiger partial charge in [-0.25, -0.2) is 0 Å². The van der Waals surface area contributed by atoms with Crippen LogP contribution in [0.4, 0.5) is 0 Å². The summed E-state index contributed by atoms with van der Waals surface area (Å²) in [7, 11) is 0. The normalized spacial score (nSPS) is 13.0. The van der Waals surface area contributed by atoms with Crippen LogP contribution in [-0.4, -0.2) is 32.0 Å². The van der Waals surface area contributed by atoms with Gasteiger partial charge in [-0.3, -0.25) is 9.59 Å². The van der Waals surface area contributed by atoms with Crippen molar-refractivity contribution in [2.45, 2.75) is 0 Å². The summed E-state index contributed by atoms with van der Waals surface area (Å²) in [5, 5.41) is 38.7. The van der Waals surface area contributed by atoms with E-state index in [1.807, 2.05) is 0 Å². The Hall–Kier alpha value is -3.02. The number of benzene rings is 2. The Labute approximate surface area is 112 Å². The third-order valence-electron chi connectivity index (χ3n) is 3.23. The van der Waals surface area contributed by atoms with E-state index < -0.39 is 40.1 Å². The van der Waals surface area contributed by atoms with E-state index in [0.717, 1.165) is 6.07 Å². The number of rotatable bonds is 0. The van der Waals surface area contributed by atoms with E-state index in [9.17, 15) is 30.0 Å². The number of carbonyl (C=O) groups excluding carboxylic acids is 2. The van der Waals surface area contributed by atoms with Crippen molar-refractivity contribution in [2.75, 3.05) is 0 Å². The fraction of sp³-hybridized carbons (Fsp3) is 0. The zero-order valence-electron chi connectivity index (χ0n) is 9.91. The van der Waals surface area contributed by atoms with E-state index in [1.54, 1.807) is 0 Å². The molecular formula is C14H8O6. The van der Waals surface area contributed by atoms with Gasteiger partial charge in [-0.2, -0.15) is 0 Å². The first-order valence-electron chi connectivity index (χ1n) is 5.62. The molecule has 3 rings (SSSR count). The summed E-state index contributed by atoms with van der Waals surface area (Å²) in [5.74, 6) is -4.09. The molecule has 2 aromatic carbocycles. The summed E-state index contributed by atoms with van der Waals surface area (Å²) in [6.07, 6.45) is 0. The lowest BCUT2D eigenvalue weighted by molar-refractivity contribution is 0.0971. The highest BCUT2D eigenvalue weighted by Gasteiger charge is 2.37. The number of hydrogen-bond donors (Lipinski definition) is 4. The van der Waals surface area contributed by atoms with Gasteiger partial charge in [0.25, 0.3) is 0 Å². The van der Waals surface area contributed by atoms with Crippen molar-refractivity contribution < 1.29 is 30.0 Å². The molecule has 0 saturated carbocycles. The topological polar surface area (TPSA) is 115 Å². The summed E-state index contributed by atoms with van der Waals surface area (Å²) in [6, 6.07) is 4.74. The molecule has 0 amide bonds. The highest BCUT2D eigenvalue weighted by molar-refractivity contribution is 6.31. The molecule has 6 nitrogen and oxygen atoms in total. The van der Waals surface area contributed by atoms with Crippen LogP contribution in [0.1, 0.15) is 31.8 Å². The minimum atomic E-state index is -0.837. The highest BCUT2D eigenvalue weighted by Crippen LogP contribution is 2.44. The summed E-state index contributed by atoms with van der Waals surface area (Å²) in [5.41, 5.74) is -1.22. The molecule has 0 unspecified atom stereocenters. The Balaban J connectivity index is 2.45. The van der Waals surface area contributed by atoms with Crippen LogP contribution < -0.4 is 0 Å². The largest absolute Gasteiger partial charge is 0.507 e. The van der Waals surface area contributed by atoms with E-state index in [1.165, 1.54) is 18.2 Å². The lowest BCUT2D eigenvalue weighted by atomic mass is 9.82. The molecule has 0 atom stereocenters. The van der Waals surface area contributed by atoms with Gasteiger partial charge in [0.05, 0.1) is 16.7 Å². The van der Waals surface area contributed by atoms with Crippen molar-refractivity contribution in [1.82, 2.24) is 0 Å². The van der Waals surface area contributed by atoms with E-state index in [2.05, 4.69) is 0 Å². The first-order chi connectivity index (χ1) is 9.43. The van der Waals surface area contributed by atoms with E-state index >= 15 is 0 Å². The van der Waals surface area contributed by atoms with Crippen LogP contribution in [0.25, 0.3) is 0 Å². The van der Waals surface area contributed by atoms with Gasteiger partial charge in [0.15, 0.2) is 17.3 Å². The molecule has 0 spiro atoms. The maximum atomic E-state index is 12.3. The minimum absolute atomic E-state index is 0.0668. The number of ketones is 2.